The van der Waals surface area contributed by atoms with Gasteiger partial charge in [-0.1, -0.05) is 6.92 Å². The van der Waals surface area contributed by atoms with Crippen LogP contribution in [-0.4, -0.2) is 51.2 Å². The highest BCUT2D eigenvalue weighted by atomic mass is 16.5. The molecule has 0 amide bonds. The summed E-state index contributed by atoms with van der Waals surface area (Å²) in [4.78, 5) is 0. The van der Waals surface area contributed by atoms with Crippen molar-refractivity contribution in [1.29, 1.82) is 0 Å². The zero-order valence-electron chi connectivity index (χ0n) is 8.58. The Morgan fingerprint density at radius 2 is 2.08 bits per heavy atom. The predicted molar refractivity (Wildman–Crippen MR) is 51.9 cm³/mol. The van der Waals surface area contributed by atoms with Crippen molar-refractivity contribution in [2.45, 2.75) is 19.4 Å². The van der Waals surface area contributed by atoms with E-state index >= 15 is 0 Å². The maximum atomic E-state index is 9.18. The van der Waals surface area contributed by atoms with Crippen molar-refractivity contribution in [3.05, 3.63) is 0 Å². The minimum absolute atomic E-state index is 0.336. The molecule has 0 bridgehead atoms. The highest BCUT2D eigenvalue weighted by Gasteiger charge is 2.01. The average molecular weight is 191 g/mol. The molecule has 0 saturated heterocycles. The fourth-order valence-electron chi connectivity index (χ4n) is 0.906. The fraction of sp³-hybridized carbons (Fsp3) is 1.00. The highest BCUT2D eigenvalue weighted by Crippen LogP contribution is 1.85. The van der Waals surface area contributed by atoms with Gasteiger partial charge < -0.3 is 19.9 Å². The van der Waals surface area contributed by atoms with Crippen LogP contribution in [0, 0.1) is 0 Å². The summed E-state index contributed by atoms with van der Waals surface area (Å²) >= 11 is 0. The van der Waals surface area contributed by atoms with E-state index in [2.05, 4.69) is 12.2 Å². The molecule has 0 aliphatic heterocycles. The van der Waals surface area contributed by atoms with Crippen LogP contribution in [0.3, 0.4) is 0 Å². The van der Waals surface area contributed by atoms with E-state index in [-0.39, 0.29) is 0 Å². The van der Waals surface area contributed by atoms with Gasteiger partial charge in [-0.25, -0.2) is 0 Å². The molecule has 1 unspecified atom stereocenters. The molecule has 0 radical (unpaired) electrons. The lowest BCUT2D eigenvalue weighted by molar-refractivity contribution is -0.00509. The lowest BCUT2D eigenvalue weighted by atomic mass is 10.4. The second-order valence-electron chi connectivity index (χ2n) is 2.93. The first-order valence-corrected chi connectivity index (χ1v) is 4.76. The van der Waals surface area contributed by atoms with Crippen LogP contribution >= 0.6 is 0 Å². The van der Waals surface area contributed by atoms with Gasteiger partial charge in [0, 0.05) is 13.7 Å². The maximum Gasteiger partial charge on any atom is 0.101 e. The van der Waals surface area contributed by atoms with Gasteiger partial charge in [-0.2, -0.15) is 0 Å². The molecule has 0 rings (SSSR count). The third-order valence-electron chi connectivity index (χ3n) is 1.52. The second-order valence-corrected chi connectivity index (χ2v) is 2.93. The van der Waals surface area contributed by atoms with Crippen LogP contribution in [0.1, 0.15) is 13.3 Å². The Hall–Kier alpha value is -0.160. The van der Waals surface area contributed by atoms with Crippen LogP contribution in [0.15, 0.2) is 0 Å². The van der Waals surface area contributed by atoms with Gasteiger partial charge in [0.15, 0.2) is 0 Å². The van der Waals surface area contributed by atoms with E-state index in [0.717, 1.165) is 19.5 Å². The van der Waals surface area contributed by atoms with E-state index in [9.17, 15) is 5.11 Å². The quantitative estimate of drug-likeness (QED) is 0.504. The van der Waals surface area contributed by atoms with Gasteiger partial charge in [0.2, 0.25) is 0 Å². The first kappa shape index (κ1) is 12.8. The number of hydrogen-bond acceptors (Lipinski definition) is 4. The largest absolute Gasteiger partial charge is 0.388 e. The minimum atomic E-state index is -0.504. The Balaban J connectivity index is 2.97. The Morgan fingerprint density at radius 1 is 1.31 bits per heavy atom. The Morgan fingerprint density at radius 3 is 2.69 bits per heavy atom. The average Bonchev–Trinajstić information content (AvgIpc) is 2.11. The van der Waals surface area contributed by atoms with E-state index < -0.39 is 6.10 Å². The van der Waals surface area contributed by atoms with E-state index in [4.69, 9.17) is 9.47 Å². The molecule has 0 aromatic heterocycles. The number of aliphatic hydroxyl groups excluding tert-OH is 1. The molecule has 0 aromatic rings. The van der Waals surface area contributed by atoms with Crippen molar-refractivity contribution in [1.82, 2.24) is 5.32 Å². The number of methoxy groups -OCH3 is 1. The summed E-state index contributed by atoms with van der Waals surface area (Å²) in [7, 11) is 1.56. The number of nitrogens with one attached hydrogen (secondary N) is 1. The standard InChI is InChI=1S/C9H21NO3/c1-3-4-10-5-6-13-8-9(11)7-12-2/h9-11H,3-8H2,1-2H3. The van der Waals surface area contributed by atoms with Gasteiger partial charge in [-0.05, 0) is 13.0 Å². The number of hydrogen-bond donors (Lipinski definition) is 2. The van der Waals surface area contributed by atoms with Gasteiger partial charge in [0.1, 0.15) is 6.10 Å². The molecular formula is C9H21NO3. The van der Waals surface area contributed by atoms with Crippen LogP contribution in [0.4, 0.5) is 0 Å². The van der Waals surface area contributed by atoms with Crippen molar-refractivity contribution >= 4 is 0 Å². The fourth-order valence-corrected chi connectivity index (χ4v) is 0.906. The summed E-state index contributed by atoms with van der Waals surface area (Å²) in [5.41, 5.74) is 0. The second kappa shape index (κ2) is 9.92. The third kappa shape index (κ3) is 9.76. The summed E-state index contributed by atoms with van der Waals surface area (Å²) in [5, 5.41) is 12.4. The first-order valence-electron chi connectivity index (χ1n) is 4.76. The van der Waals surface area contributed by atoms with E-state index in [0.29, 0.717) is 19.8 Å². The lowest BCUT2D eigenvalue weighted by Gasteiger charge is -2.10. The summed E-state index contributed by atoms with van der Waals surface area (Å²) in [5.74, 6) is 0. The Labute approximate surface area is 80.2 Å². The Kier molecular flexibility index (Phi) is 9.80. The molecule has 2 N–H and O–H groups in total. The van der Waals surface area contributed by atoms with Crippen LogP contribution in [0.5, 0.6) is 0 Å². The Bertz CT molecular complexity index is 101. The van der Waals surface area contributed by atoms with Gasteiger partial charge in [-0.3, -0.25) is 0 Å². The molecule has 0 fully saturated rings. The normalized spacial score (nSPS) is 13.2. The molecule has 0 saturated carbocycles. The number of ether oxygens (including phenoxy) is 2. The molecule has 0 aliphatic carbocycles. The van der Waals surface area contributed by atoms with Gasteiger partial charge in [-0.15, -0.1) is 0 Å². The SMILES string of the molecule is CCCNCCOCC(O)COC. The van der Waals surface area contributed by atoms with Gasteiger partial charge >= 0.3 is 0 Å². The molecular weight excluding hydrogens is 170 g/mol. The molecule has 0 spiro atoms. The van der Waals surface area contributed by atoms with E-state index in [1.54, 1.807) is 7.11 Å². The van der Waals surface area contributed by atoms with E-state index in [1.807, 2.05) is 0 Å². The number of aliphatic hydroxyl groups is 1. The maximum absolute atomic E-state index is 9.18. The molecule has 0 aromatic carbocycles. The van der Waals surface area contributed by atoms with Crippen LogP contribution in [0.2, 0.25) is 0 Å². The van der Waals surface area contributed by atoms with Crippen molar-refractivity contribution in [2.75, 3.05) is 40.0 Å². The summed E-state index contributed by atoms with van der Waals surface area (Å²) < 4.78 is 9.96. The van der Waals surface area contributed by atoms with Crippen molar-refractivity contribution in [2.24, 2.45) is 0 Å². The molecule has 80 valence electrons. The summed E-state index contributed by atoms with van der Waals surface area (Å²) in [6, 6.07) is 0. The van der Waals surface area contributed by atoms with Crippen LogP contribution in [0.25, 0.3) is 0 Å². The van der Waals surface area contributed by atoms with Gasteiger partial charge in [0.25, 0.3) is 0 Å². The summed E-state index contributed by atoms with van der Waals surface area (Å²) in [6.07, 6.45) is 0.628. The number of rotatable bonds is 9. The molecule has 4 nitrogen and oxygen atoms in total. The zero-order chi connectivity index (χ0) is 9.94. The zero-order valence-corrected chi connectivity index (χ0v) is 8.58. The summed E-state index contributed by atoms with van der Waals surface area (Å²) in [6.45, 7) is 5.30. The molecule has 0 aliphatic rings. The monoisotopic (exact) mass is 191 g/mol. The van der Waals surface area contributed by atoms with Gasteiger partial charge in [0.05, 0.1) is 19.8 Å². The minimum Gasteiger partial charge on any atom is -0.388 e. The molecule has 0 heterocycles. The molecule has 1 atom stereocenters. The van der Waals surface area contributed by atoms with E-state index in [1.165, 1.54) is 0 Å². The molecule has 4 heteroatoms. The van der Waals surface area contributed by atoms with Crippen molar-refractivity contribution in [3.8, 4) is 0 Å². The molecule has 13 heavy (non-hydrogen) atoms. The highest BCUT2D eigenvalue weighted by molar-refractivity contribution is 4.51. The van der Waals surface area contributed by atoms with Crippen molar-refractivity contribution in [3.63, 3.8) is 0 Å². The topological polar surface area (TPSA) is 50.7 Å². The first-order chi connectivity index (χ1) is 6.31. The smallest absolute Gasteiger partial charge is 0.101 e. The predicted octanol–water partition coefficient (Wildman–Crippen LogP) is 0.00990. The lowest BCUT2D eigenvalue weighted by Crippen LogP contribution is -2.25. The van der Waals surface area contributed by atoms with Crippen LogP contribution < -0.4 is 5.32 Å². The third-order valence-corrected chi connectivity index (χ3v) is 1.52. The van der Waals surface area contributed by atoms with Crippen molar-refractivity contribution < 1.29 is 14.6 Å². The van der Waals surface area contributed by atoms with Crippen LogP contribution in [-0.2, 0) is 9.47 Å².